The van der Waals surface area contributed by atoms with E-state index in [1.165, 1.54) is 26.0 Å². The number of likely N-dealkylation sites (N-methyl/N-ethyl adjacent to an activating group) is 1. The number of aromatic nitrogens is 2. The fourth-order valence-corrected chi connectivity index (χ4v) is 6.96. The molecule has 2 heterocycles. The quantitative estimate of drug-likeness (QED) is 0.190. The molecule has 4 aromatic rings. The Hall–Kier alpha value is -4.29. The summed E-state index contributed by atoms with van der Waals surface area (Å²) in [5, 5.41) is 0. The van der Waals surface area contributed by atoms with Gasteiger partial charge < -0.3 is 33.5 Å². The number of rotatable bonds is 14. The van der Waals surface area contributed by atoms with E-state index < -0.39 is 9.84 Å². The highest BCUT2D eigenvalue weighted by molar-refractivity contribution is 7.90. The first-order chi connectivity index (χ1) is 23.1. The van der Waals surface area contributed by atoms with Gasteiger partial charge in [-0.05, 0) is 55.8 Å². The van der Waals surface area contributed by atoms with Crippen molar-refractivity contribution in [2.45, 2.75) is 25.3 Å². The number of hydrogen-bond donors (Lipinski definition) is 0. The zero-order valence-electron chi connectivity index (χ0n) is 28.6. The molecule has 1 aliphatic rings. The second-order valence-corrected chi connectivity index (χ2v) is 14.6. The minimum atomic E-state index is -3.13. The number of ether oxygens (including phenoxy) is 3. The van der Waals surface area contributed by atoms with Gasteiger partial charge in [-0.1, -0.05) is 42.5 Å². The van der Waals surface area contributed by atoms with Gasteiger partial charge in [0.1, 0.15) is 9.84 Å². The summed E-state index contributed by atoms with van der Waals surface area (Å²) in [5.41, 5.74) is 3.48. The summed E-state index contributed by atoms with van der Waals surface area (Å²) in [6.45, 7) is 5.23. The number of fused-ring (bicyclic) bond motifs is 1. The number of methoxy groups -OCH3 is 3. The molecule has 1 atom stereocenters. The van der Waals surface area contributed by atoms with Crippen molar-refractivity contribution in [3.05, 3.63) is 77.9 Å². The van der Waals surface area contributed by atoms with E-state index in [9.17, 15) is 13.2 Å². The number of anilines is 1. The number of sulfone groups is 1. The third kappa shape index (κ3) is 8.40. The fraction of sp³-hybridized carbons (Fsp3) is 0.444. The minimum absolute atomic E-state index is 0.0672. The first kappa shape index (κ1) is 35.0. The SMILES string of the molecule is COc1cc(C(=O)N(C)CC(CCN2CCCN(c3nc4ccccc4n3CCS(C)(=O)=O)CC2)c2ccccc2)cc(OC)c1OC. The number of benzene rings is 3. The van der Waals surface area contributed by atoms with Gasteiger partial charge >= 0.3 is 0 Å². The number of hydrogen-bond acceptors (Lipinski definition) is 9. The van der Waals surface area contributed by atoms with Crippen LogP contribution in [0.5, 0.6) is 17.2 Å². The third-order valence-electron chi connectivity index (χ3n) is 9.01. The third-order valence-corrected chi connectivity index (χ3v) is 9.93. The van der Waals surface area contributed by atoms with Gasteiger partial charge in [0.15, 0.2) is 11.5 Å². The van der Waals surface area contributed by atoms with Gasteiger partial charge in [-0.15, -0.1) is 0 Å². The molecule has 48 heavy (non-hydrogen) atoms. The maximum atomic E-state index is 13.7. The Morgan fingerprint density at radius 3 is 2.25 bits per heavy atom. The molecule has 0 N–H and O–H groups in total. The molecule has 258 valence electrons. The lowest BCUT2D eigenvalue weighted by atomic mass is 9.94. The Morgan fingerprint density at radius 1 is 0.896 bits per heavy atom. The highest BCUT2D eigenvalue weighted by Gasteiger charge is 2.25. The molecule has 1 saturated heterocycles. The van der Waals surface area contributed by atoms with Crippen LogP contribution in [0.3, 0.4) is 0 Å². The van der Waals surface area contributed by atoms with Crippen molar-refractivity contribution < 1.29 is 27.4 Å². The summed E-state index contributed by atoms with van der Waals surface area (Å²) < 4.78 is 42.5. The minimum Gasteiger partial charge on any atom is -0.493 e. The predicted molar refractivity (Wildman–Crippen MR) is 190 cm³/mol. The summed E-state index contributed by atoms with van der Waals surface area (Å²) in [6.07, 6.45) is 3.12. The van der Waals surface area contributed by atoms with Crippen molar-refractivity contribution in [1.29, 1.82) is 0 Å². The number of nitrogens with zero attached hydrogens (tertiary/aromatic N) is 5. The van der Waals surface area contributed by atoms with E-state index in [1.54, 1.807) is 24.1 Å². The zero-order chi connectivity index (χ0) is 34.3. The fourth-order valence-electron chi connectivity index (χ4n) is 6.44. The van der Waals surface area contributed by atoms with E-state index in [2.05, 4.69) is 26.5 Å². The largest absolute Gasteiger partial charge is 0.493 e. The highest BCUT2D eigenvalue weighted by Crippen LogP contribution is 2.38. The van der Waals surface area contributed by atoms with Crippen LogP contribution in [0.2, 0.25) is 0 Å². The lowest BCUT2D eigenvalue weighted by Gasteiger charge is -2.28. The Morgan fingerprint density at radius 2 is 1.58 bits per heavy atom. The normalized spacial score (nSPS) is 14.8. The molecule has 0 aliphatic carbocycles. The standard InChI is InChI=1S/C36H47N5O6S/c1-38(35(42)29-24-32(45-2)34(47-4)33(25-29)46-3)26-28(27-12-7-6-8-13-27)16-19-39-17-11-18-40(21-20-39)36-37-30-14-9-10-15-31(30)41(36)22-23-48(5,43)44/h6-10,12-15,24-25,28H,11,16-23,26H2,1-5H3. The number of imidazole rings is 1. The van der Waals surface area contributed by atoms with Crippen molar-refractivity contribution >= 4 is 32.7 Å². The van der Waals surface area contributed by atoms with Crippen LogP contribution >= 0.6 is 0 Å². The maximum Gasteiger partial charge on any atom is 0.253 e. The van der Waals surface area contributed by atoms with Crippen molar-refractivity contribution in [2.24, 2.45) is 0 Å². The van der Waals surface area contributed by atoms with Crippen LogP contribution in [-0.4, -0.2) is 113 Å². The van der Waals surface area contributed by atoms with Crippen molar-refractivity contribution in [3.8, 4) is 17.2 Å². The molecule has 12 heteroatoms. The van der Waals surface area contributed by atoms with Gasteiger partial charge in [0.2, 0.25) is 11.7 Å². The number of carbonyl (C=O) groups is 1. The van der Waals surface area contributed by atoms with Crippen LogP contribution in [0.15, 0.2) is 66.7 Å². The molecule has 1 unspecified atom stereocenters. The van der Waals surface area contributed by atoms with E-state index >= 15 is 0 Å². The molecular weight excluding hydrogens is 630 g/mol. The lowest BCUT2D eigenvalue weighted by Crippen LogP contribution is -2.35. The first-order valence-corrected chi connectivity index (χ1v) is 18.4. The van der Waals surface area contributed by atoms with Gasteiger partial charge in [0.25, 0.3) is 5.91 Å². The molecular formula is C36H47N5O6S. The van der Waals surface area contributed by atoms with E-state index in [-0.39, 0.29) is 17.6 Å². The first-order valence-electron chi connectivity index (χ1n) is 16.3. The predicted octanol–water partition coefficient (Wildman–Crippen LogP) is 4.56. The number of carbonyl (C=O) groups excluding carboxylic acids is 1. The van der Waals surface area contributed by atoms with Crippen molar-refractivity contribution in [3.63, 3.8) is 0 Å². The molecule has 0 spiro atoms. The van der Waals surface area contributed by atoms with Crippen LogP contribution in [0.4, 0.5) is 5.95 Å². The molecule has 1 aliphatic heterocycles. The number of aryl methyl sites for hydroxylation is 1. The van der Waals surface area contributed by atoms with Gasteiger partial charge in [-0.2, -0.15) is 0 Å². The van der Waals surface area contributed by atoms with Gasteiger partial charge in [-0.3, -0.25) is 4.79 Å². The second kappa shape index (κ2) is 15.7. The molecule has 11 nitrogen and oxygen atoms in total. The summed E-state index contributed by atoms with van der Waals surface area (Å²) in [5.74, 6) is 2.22. The van der Waals surface area contributed by atoms with Crippen LogP contribution in [0, 0.1) is 0 Å². The Kier molecular flexibility index (Phi) is 11.5. The van der Waals surface area contributed by atoms with Gasteiger partial charge in [-0.25, -0.2) is 13.4 Å². The van der Waals surface area contributed by atoms with E-state index in [0.29, 0.717) is 35.9 Å². The lowest BCUT2D eigenvalue weighted by molar-refractivity contribution is 0.0782. The zero-order valence-corrected chi connectivity index (χ0v) is 29.4. The maximum absolute atomic E-state index is 13.7. The summed E-state index contributed by atoms with van der Waals surface area (Å²) in [4.78, 5) is 25.2. The average Bonchev–Trinajstić information content (AvgIpc) is 3.30. The summed E-state index contributed by atoms with van der Waals surface area (Å²) >= 11 is 0. The average molecular weight is 678 g/mol. The van der Waals surface area contributed by atoms with E-state index in [4.69, 9.17) is 19.2 Å². The Bertz CT molecular complexity index is 1770. The second-order valence-electron chi connectivity index (χ2n) is 12.4. The monoisotopic (exact) mass is 677 g/mol. The van der Waals surface area contributed by atoms with Crippen LogP contribution in [-0.2, 0) is 16.4 Å². The van der Waals surface area contributed by atoms with Crippen LogP contribution in [0.1, 0.15) is 34.7 Å². The summed E-state index contributed by atoms with van der Waals surface area (Å²) in [7, 11) is 3.33. The molecule has 5 rings (SSSR count). The number of amides is 1. The van der Waals surface area contributed by atoms with E-state index in [0.717, 1.165) is 62.5 Å². The van der Waals surface area contributed by atoms with Crippen LogP contribution in [0.25, 0.3) is 11.0 Å². The molecule has 1 aromatic heterocycles. The van der Waals surface area contributed by atoms with Gasteiger partial charge in [0.05, 0.1) is 38.1 Å². The molecule has 0 saturated carbocycles. The molecule has 3 aromatic carbocycles. The molecule has 1 fully saturated rings. The van der Waals surface area contributed by atoms with Gasteiger partial charge in [0, 0.05) is 57.5 Å². The Balaban J connectivity index is 1.27. The Labute approximate surface area is 283 Å². The smallest absolute Gasteiger partial charge is 0.253 e. The van der Waals surface area contributed by atoms with Crippen LogP contribution < -0.4 is 19.1 Å². The number of para-hydroxylation sites is 2. The topological polar surface area (TPSA) is 106 Å². The summed E-state index contributed by atoms with van der Waals surface area (Å²) in [6, 6.07) is 21.7. The molecule has 0 bridgehead atoms. The van der Waals surface area contributed by atoms with Crippen molar-refractivity contribution in [2.75, 3.05) is 84.6 Å². The molecule has 1 amide bonds. The van der Waals surface area contributed by atoms with E-state index in [1.807, 2.05) is 49.5 Å². The van der Waals surface area contributed by atoms with Crippen molar-refractivity contribution in [1.82, 2.24) is 19.4 Å². The molecule has 0 radical (unpaired) electrons. The highest BCUT2D eigenvalue weighted by atomic mass is 32.2.